The number of pyridine rings is 1. The fourth-order valence-electron chi connectivity index (χ4n) is 3.44. The first-order valence-corrected chi connectivity index (χ1v) is 9.19. The molecule has 1 aliphatic rings. The Morgan fingerprint density at radius 3 is 2.57 bits per heavy atom. The van der Waals surface area contributed by atoms with Crippen molar-refractivity contribution in [3.05, 3.63) is 84.2 Å². The molecule has 3 aromatic rings. The van der Waals surface area contributed by atoms with Crippen molar-refractivity contribution in [3.8, 4) is 11.3 Å². The Balaban J connectivity index is 1.58. The zero-order chi connectivity index (χ0) is 19.7. The normalized spacial score (nSPS) is 13.9. The zero-order valence-electron chi connectivity index (χ0n) is 15.8. The lowest BCUT2D eigenvalue weighted by molar-refractivity contribution is 0.508. The molecule has 2 aromatic heterocycles. The van der Waals surface area contributed by atoms with E-state index in [0.29, 0.717) is 5.56 Å². The summed E-state index contributed by atoms with van der Waals surface area (Å²) in [6.07, 6.45) is 6.86. The van der Waals surface area contributed by atoms with Crippen LogP contribution in [0.3, 0.4) is 0 Å². The fraction of sp³-hybridized carbons (Fsp3) is 0.174. The molecule has 0 radical (unpaired) electrons. The Morgan fingerprint density at radius 2 is 1.86 bits per heavy atom. The van der Waals surface area contributed by atoms with Crippen molar-refractivity contribution in [2.45, 2.75) is 12.8 Å². The van der Waals surface area contributed by atoms with Gasteiger partial charge in [0, 0.05) is 37.0 Å². The van der Waals surface area contributed by atoms with Crippen LogP contribution in [0.5, 0.6) is 0 Å². The van der Waals surface area contributed by atoms with Gasteiger partial charge in [0.2, 0.25) is 0 Å². The molecule has 1 fully saturated rings. The van der Waals surface area contributed by atoms with Gasteiger partial charge in [-0.05, 0) is 42.3 Å². The summed E-state index contributed by atoms with van der Waals surface area (Å²) in [5.41, 5.74) is 4.81. The van der Waals surface area contributed by atoms with Gasteiger partial charge in [0.05, 0.1) is 17.1 Å². The van der Waals surface area contributed by atoms with Crippen molar-refractivity contribution in [3.63, 3.8) is 0 Å². The monoisotopic (exact) mass is 372 g/mol. The van der Waals surface area contributed by atoms with Crippen LogP contribution >= 0.6 is 0 Å². The van der Waals surface area contributed by atoms with Gasteiger partial charge in [-0.25, -0.2) is 9.37 Å². The van der Waals surface area contributed by atoms with E-state index in [1.165, 1.54) is 6.07 Å². The fourth-order valence-corrected chi connectivity index (χ4v) is 3.44. The summed E-state index contributed by atoms with van der Waals surface area (Å²) in [7, 11) is 0. The first kappa shape index (κ1) is 18.0. The minimum atomic E-state index is -0.229. The topological polar surface area (TPSA) is 41.9 Å². The van der Waals surface area contributed by atoms with Gasteiger partial charge in [-0.2, -0.15) is 0 Å². The Bertz CT molecular complexity index is 1050. The number of halogens is 1. The molecule has 1 aliphatic heterocycles. The number of anilines is 1. The Labute approximate surface area is 164 Å². The van der Waals surface area contributed by atoms with Gasteiger partial charge in [-0.15, -0.1) is 0 Å². The van der Waals surface area contributed by atoms with Crippen molar-refractivity contribution >= 4 is 18.0 Å². The van der Waals surface area contributed by atoms with Crippen LogP contribution in [-0.2, 0) is 0 Å². The third kappa shape index (κ3) is 3.20. The van der Waals surface area contributed by atoms with E-state index < -0.39 is 0 Å². The molecule has 0 aliphatic carbocycles. The molecule has 0 saturated carbocycles. The highest BCUT2D eigenvalue weighted by Gasteiger charge is 2.32. The Kier molecular flexibility index (Phi) is 4.74. The van der Waals surface area contributed by atoms with Gasteiger partial charge in [-0.1, -0.05) is 31.4 Å². The summed E-state index contributed by atoms with van der Waals surface area (Å²) in [6, 6.07) is 9.20. The van der Waals surface area contributed by atoms with Gasteiger partial charge >= 0.3 is 0 Å². The standard InChI is InChI=1S/C23H21FN4/c1-4-16-8-9-21(27-20(16)5-2)28-13-18(14-28)23-22(25-10-11-26-23)17-7-6-15(3)19(24)12-17/h4-12,18H,1-2,13-14H2,3H3. The highest BCUT2D eigenvalue weighted by atomic mass is 19.1. The maximum Gasteiger partial charge on any atom is 0.129 e. The maximum absolute atomic E-state index is 14.0. The lowest BCUT2D eigenvalue weighted by Gasteiger charge is -2.40. The number of hydrogen-bond donors (Lipinski definition) is 0. The Hall–Kier alpha value is -3.34. The lowest BCUT2D eigenvalue weighted by atomic mass is 9.92. The molecular weight excluding hydrogens is 351 g/mol. The van der Waals surface area contributed by atoms with Crippen LogP contribution in [0.1, 0.15) is 28.4 Å². The van der Waals surface area contributed by atoms with Gasteiger partial charge in [0.15, 0.2) is 0 Å². The van der Waals surface area contributed by atoms with Gasteiger partial charge in [-0.3, -0.25) is 9.97 Å². The molecule has 1 saturated heterocycles. The zero-order valence-corrected chi connectivity index (χ0v) is 15.8. The molecule has 5 heteroatoms. The van der Waals surface area contributed by atoms with E-state index in [4.69, 9.17) is 0 Å². The van der Waals surface area contributed by atoms with Gasteiger partial charge < -0.3 is 4.90 Å². The van der Waals surface area contributed by atoms with Crippen LogP contribution in [0.25, 0.3) is 23.4 Å². The Morgan fingerprint density at radius 1 is 1.07 bits per heavy atom. The van der Waals surface area contributed by atoms with E-state index in [9.17, 15) is 4.39 Å². The third-order valence-corrected chi connectivity index (χ3v) is 5.12. The molecule has 0 N–H and O–H groups in total. The van der Waals surface area contributed by atoms with Crippen molar-refractivity contribution in [2.75, 3.05) is 18.0 Å². The molecule has 28 heavy (non-hydrogen) atoms. The van der Waals surface area contributed by atoms with E-state index in [2.05, 4.69) is 33.0 Å². The van der Waals surface area contributed by atoms with Crippen LogP contribution in [0.15, 0.2) is 55.9 Å². The van der Waals surface area contributed by atoms with E-state index in [-0.39, 0.29) is 11.7 Å². The highest BCUT2D eigenvalue weighted by molar-refractivity contribution is 5.65. The van der Waals surface area contributed by atoms with Crippen LogP contribution in [-0.4, -0.2) is 28.0 Å². The molecule has 0 bridgehead atoms. The molecular formula is C23H21FN4. The summed E-state index contributed by atoms with van der Waals surface area (Å²) in [4.78, 5) is 15.9. The van der Waals surface area contributed by atoms with E-state index in [1.807, 2.05) is 18.2 Å². The third-order valence-electron chi connectivity index (χ3n) is 5.12. The second kappa shape index (κ2) is 7.35. The predicted molar refractivity (Wildman–Crippen MR) is 112 cm³/mol. The molecule has 0 atom stereocenters. The molecule has 4 rings (SSSR count). The largest absolute Gasteiger partial charge is 0.355 e. The molecule has 0 amide bonds. The number of nitrogens with zero attached hydrogens (tertiary/aromatic N) is 4. The number of hydrogen-bond acceptors (Lipinski definition) is 4. The van der Waals surface area contributed by atoms with Crippen molar-refractivity contribution in [1.82, 2.24) is 15.0 Å². The van der Waals surface area contributed by atoms with Crippen molar-refractivity contribution < 1.29 is 4.39 Å². The number of rotatable bonds is 5. The summed E-state index contributed by atoms with van der Waals surface area (Å²) in [5, 5.41) is 0. The second-order valence-corrected chi connectivity index (χ2v) is 6.91. The first-order valence-electron chi connectivity index (χ1n) is 9.19. The minimum absolute atomic E-state index is 0.223. The van der Waals surface area contributed by atoms with E-state index >= 15 is 0 Å². The average molecular weight is 372 g/mol. The highest BCUT2D eigenvalue weighted by Crippen LogP contribution is 2.34. The molecule has 0 unspecified atom stereocenters. The van der Waals surface area contributed by atoms with E-state index in [0.717, 1.165) is 47.1 Å². The maximum atomic E-state index is 14.0. The van der Waals surface area contributed by atoms with Crippen LogP contribution in [0, 0.1) is 12.7 Å². The smallest absolute Gasteiger partial charge is 0.129 e. The molecule has 4 nitrogen and oxygen atoms in total. The number of aryl methyl sites for hydroxylation is 1. The molecule has 1 aromatic carbocycles. The van der Waals surface area contributed by atoms with Gasteiger partial charge in [0.25, 0.3) is 0 Å². The summed E-state index contributed by atoms with van der Waals surface area (Å²) in [5.74, 6) is 0.900. The SMILES string of the molecule is C=Cc1ccc(N2CC(c3nccnc3-c3ccc(C)c(F)c3)C2)nc1C=C. The summed E-state index contributed by atoms with van der Waals surface area (Å²) >= 11 is 0. The van der Waals surface area contributed by atoms with Crippen molar-refractivity contribution in [2.24, 2.45) is 0 Å². The molecule has 0 spiro atoms. The average Bonchev–Trinajstić information content (AvgIpc) is 2.69. The van der Waals surface area contributed by atoms with Crippen molar-refractivity contribution in [1.29, 1.82) is 0 Å². The quantitative estimate of drug-likeness (QED) is 0.640. The van der Waals surface area contributed by atoms with Crippen LogP contribution in [0.2, 0.25) is 0 Å². The first-order chi connectivity index (χ1) is 13.6. The van der Waals surface area contributed by atoms with Gasteiger partial charge in [0.1, 0.15) is 11.6 Å². The number of benzene rings is 1. The van der Waals surface area contributed by atoms with Crippen LogP contribution < -0.4 is 4.90 Å². The molecule has 140 valence electrons. The predicted octanol–water partition coefficient (Wildman–Crippen LogP) is 4.88. The molecule has 3 heterocycles. The summed E-state index contributed by atoms with van der Waals surface area (Å²) in [6.45, 7) is 11.0. The minimum Gasteiger partial charge on any atom is -0.355 e. The summed E-state index contributed by atoms with van der Waals surface area (Å²) < 4.78 is 14.0. The van der Waals surface area contributed by atoms with E-state index in [1.54, 1.807) is 37.5 Å². The second-order valence-electron chi connectivity index (χ2n) is 6.91. The lowest BCUT2D eigenvalue weighted by Crippen LogP contribution is -2.46. The number of aromatic nitrogens is 3. The van der Waals surface area contributed by atoms with Crippen LogP contribution in [0.4, 0.5) is 10.2 Å².